The lowest BCUT2D eigenvalue weighted by Crippen LogP contribution is -2.37. The van der Waals surface area contributed by atoms with E-state index in [9.17, 15) is 0 Å². The zero-order valence-electron chi connectivity index (χ0n) is 10.3. The molecule has 0 amide bonds. The Morgan fingerprint density at radius 3 is 2.94 bits per heavy atom. The van der Waals surface area contributed by atoms with Crippen LogP contribution in [-0.2, 0) is 9.47 Å². The molecule has 0 aromatic rings. The minimum Gasteiger partial charge on any atom is -0.493 e. The van der Waals surface area contributed by atoms with Crippen molar-refractivity contribution in [3.63, 3.8) is 0 Å². The van der Waals surface area contributed by atoms with Crippen LogP contribution in [0.15, 0.2) is 16.8 Å². The standard InChI is InChI=1S/C11H21N3O3/c1-7-5-8(14-11(12)13)6-10(17-7)9(16-2)3-4-15/h5,8-10,15H,3-4,6H2,1-2H3,(H4,12,13,14). The molecule has 5 N–H and O–H groups in total. The fourth-order valence-corrected chi connectivity index (χ4v) is 2.00. The first kappa shape index (κ1) is 13.8. The van der Waals surface area contributed by atoms with E-state index in [4.69, 9.17) is 26.0 Å². The summed E-state index contributed by atoms with van der Waals surface area (Å²) in [6.07, 6.45) is 2.77. The van der Waals surface area contributed by atoms with Crippen molar-refractivity contribution in [1.29, 1.82) is 0 Å². The Morgan fingerprint density at radius 1 is 1.71 bits per heavy atom. The number of aliphatic imine (C=N–C) groups is 1. The molecule has 1 aliphatic rings. The smallest absolute Gasteiger partial charge is 0.186 e. The van der Waals surface area contributed by atoms with Crippen molar-refractivity contribution in [2.24, 2.45) is 16.5 Å². The number of nitrogens with two attached hydrogens (primary N) is 2. The molecule has 0 fully saturated rings. The van der Waals surface area contributed by atoms with Crippen LogP contribution >= 0.6 is 0 Å². The highest BCUT2D eigenvalue weighted by atomic mass is 16.5. The molecule has 1 heterocycles. The zero-order chi connectivity index (χ0) is 12.8. The first-order valence-electron chi connectivity index (χ1n) is 5.64. The van der Waals surface area contributed by atoms with Crippen LogP contribution < -0.4 is 11.5 Å². The number of hydrogen-bond acceptors (Lipinski definition) is 4. The quantitative estimate of drug-likeness (QED) is 0.455. The molecule has 98 valence electrons. The second-order valence-electron chi connectivity index (χ2n) is 4.08. The van der Waals surface area contributed by atoms with Crippen LogP contribution in [0.25, 0.3) is 0 Å². The molecule has 0 radical (unpaired) electrons. The van der Waals surface area contributed by atoms with Gasteiger partial charge in [0.1, 0.15) is 6.10 Å². The summed E-state index contributed by atoms with van der Waals surface area (Å²) in [5.41, 5.74) is 10.7. The van der Waals surface area contributed by atoms with Crippen LogP contribution in [0.4, 0.5) is 0 Å². The number of nitrogens with zero attached hydrogens (tertiary/aromatic N) is 1. The van der Waals surface area contributed by atoms with E-state index < -0.39 is 0 Å². The number of allylic oxidation sites excluding steroid dienone is 1. The van der Waals surface area contributed by atoms with Gasteiger partial charge in [0.15, 0.2) is 5.96 Å². The highest BCUT2D eigenvalue weighted by molar-refractivity contribution is 5.76. The van der Waals surface area contributed by atoms with Gasteiger partial charge in [-0.1, -0.05) is 0 Å². The van der Waals surface area contributed by atoms with Crippen molar-refractivity contribution in [3.05, 3.63) is 11.8 Å². The molecule has 6 nitrogen and oxygen atoms in total. The predicted molar refractivity (Wildman–Crippen MR) is 65.3 cm³/mol. The van der Waals surface area contributed by atoms with Gasteiger partial charge >= 0.3 is 0 Å². The first-order chi connectivity index (χ1) is 8.06. The third kappa shape index (κ3) is 4.24. The Hall–Kier alpha value is -1.27. The Kier molecular flexibility index (Phi) is 5.24. The van der Waals surface area contributed by atoms with E-state index in [-0.39, 0.29) is 30.8 Å². The molecule has 0 saturated heterocycles. The van der Waals surface area contributed by atoms with Gasteiger partial charge in [0.25, 0.3) is 0 Å². The average molecular weight is 243 g/mol. The van der Waals surface area contributed by atoms with E-state index in [1.165, 1.54) is 0 Å². The summed E-state index contributed by atoms with van der Waals surface area (Å²) < 4.78 is 11.0. The number of guanidine groups is 1. The second-order valence-corrected chi connectivity index (χ2v) is 4.08. The van der Waals surface area contributed by atoms with Gasteiger partial charge in [-0.05, 0) is 13.0 Å². The maximum atomic E-state index is 8.96. The Balaban J connectivity index is 2.71. The van der Waals surface area contributed by atoms with Crippen LogP contribution in [0.3, 0.4) is 0 Å². The number of aliphatic hydroxyl groups excluding tert-OH is 1. The van der Waals surface area contributed by atoms with Gasteiger partial charge in [0.2, 0.25) is 0 Å². The van der Waals surface area contributed by atoms with Crippen molar-refractivity contribution in [3.8, 4) is 0 Å². The lowest BCUT2D eigenvalue weighted by Gasteiger charge is -2.31. The van der Waals surface area contributed by atoms with E-state index in [1.807, 2.05) is 13.0 Å². The summed E-state index contributed by atoms with van der Waals surface area (Å²) in [5.74, 6) is 0.840. The number of methoxy groups -OCH3 is 1. The normalized spacial score (nSPS) is 25.7. The van der Waals surface area contributed by atoms with Crippen molar-refractivity contribution in [2.45, 2.75) is 38.0 Å². The topological polar surface area (TPSA) is 103 Å². The number of aliphatic hydroxyl groups is 1. The van der Waals surface area contributed by atoms with Gasteiger partial charge in [0.05, 0.1) is 17.9 Å². The van der Waals surface area contributed by atoms with Gasteiger partial charge in [-0.3, -0.25) is 0 Å². The van der Waals surface area contributed by atoms with Gasteiger partial charge in [0, 0.05) is 26.6 Å². The second kappa shape index (κ2) is 6.46. The number of ether oxygens (including phenoxy) is 2. The number of rotatable bonds is 5. The van der Waals surface area contributed by atoms with E-state index in [0.717, 1.165) is 5.76 Å². The Morgan fingerprint density at radius 2 is 2.41 bits per heavy atom. The summed E-state index contributed by atoms with van der Waals surface area (Å²) in [5, 5.41) is 8.96. The highest BCUT2D eigenvalue weighted by Crippen LogP contribution is 2.24. The summed E-state index contributed by atoms with van der Waals surface area (Å²) in [6.45, 7) is 1.92. The molecule has 0 saturated carbocycles. The van der Waals surface area contributed by atoms with Crippen LogP contribution in [0.1, 0.15) is 19.8 Å². The molecular formula is C11H21N3O3. The summed E-state index contributed by atoms with van der Waals surface area (Å²) in [6, 6.07) is -0.0879. The lowest BCUT2D eigenvalue weighted by molar-refractivity contribution is -0.0497. The molecule has 0 bridgehead atoms. The molecule has 0 aliphatic carbocycles. The first-order valence-corrected chi connectivity index (χ1v) is 5.64. The molecule has 1 aliphatic heterocycles. The van der Waals surface area contributed by atoms with E-state index >= 15 is 0 Å². The Bertz CT molecular complexity index is 300. The minimum absolute atomic E-state index is 0.0636. The third-order valence-electron chi connectivity index (χ3n) is 2.68. The van der Waals surface area contributed by atoms with Crippen LogP contribution in [-0.4, -0.2) is 43.0 Å². The van der Waals surface area contributed by atoms with Gasteiger partial charge < -0.3 is 26.0 Å². The molecule has 3 atom stereocenters. The summed E-state index contributed by atoms with van der Waals surface area (Å²) >= 11 is 0. The van der Waals surface area contributed by atoms with E-state index in [0.29, 0.717) is 12.8 Å². The van der Waals surface area contributed by atoms with Gasteiger partial charge in [-0.2, -0.15) is 0 Å². The molecule has 3 unspecified atom stereocenters. The SMILES string of the molecule is COC(CCO)C1CC(N=C(N)N)C=C(C)O1. The Labute approximate surface area is 101 Å². The van der Waals surface area contributed by atoms with Gasteiger partial charge in [-0.15, -0.1) is 0 Å². The van der Waals surface area contributed by atoms with Crippen molar-refractivity contribution < 1.29 is 14.6 Å². The average Bonchev–Trinajstić information content (AvgIpc) is 2.23. The molecule has 0 aromatic heterocycles. The predicted octanol–water partition coefficient (Wildman–Crippen LogP) is -0.281. The monoisotopic (exact) mass is 243 g/mol. The molecule has 6 heteroatoms. The number of hydrogen-bond donors (Lipinski definition) is 3. The molecule has 17 heavy (non-hydrogen) atoms. The zero-order valence-corrected chi connectivity index (χ0v) is 10.3. The highest BCUT2D eigenvalue weighted by Gasteiger charge is 2.29. The van der Waals surface area contributed by atoms with Crippen LogP contribution in [0.2, 0.25) is 0 Å². The van der Waals surface area contributed by atoms with Gasteiger partial charge in [-0.25, -0.2) is 4.99 Å². The van der Waals surface area contributed by atoms with Crippen LogP contribution in [0.5, 0.6) is 0 Å². The fraction of sp³-hybridized carbons (Fsp3) is 0.727. The lowest BCUT2D eigenvalue weighted by atomic mass is 9.99. The van der Waals surface area contributed by atoms with Crippen molar-refractivity contribution in [2.75, 3.05) is 13.7 Å². The summed E-state index contributed by atoms with van der Waals surface area (Å²) in [7, 11) is 1.60. The fourth-order valence-electron chi connectivity index (χ4n) is 2.00. The molecule has 0 spiro atoms. The van der Waals surface area contributed by atoms with E-state index in [1.54, 1.807) is 7.11 Å². The maximum absolute atomic E-state index is 8.96. The van der Waals surface area contributed by atoms with Crippen LogP contribution in [0, 0.1) is 0 Å². The van der Waals surface area contributed by atoms with Crippen molar-refractivity contribution >= 4 is 5.96 Å². The largest absolute Gasteiger partial charge is 0.493 e. The van der Waals surface area contributed by atoms with Crippen molar-refractivity contribution in [1.82, 2.24) is 0 Å². The molecule has 0 aromatic carbocycles. The third-order valence-corrected chi connectivity index (χ3v) is 2.68. The maximum Gasteiger partial charge on any atom is 0.186 e. The molecule has 1 rings (SSSR count). The van der Waals surface area contributed by atoms with E-state index in [2.05, 4.69) is 4.99 Å². The summed E-state index contributed by atoms with van der Waals surface area (Å²) in [4.78, 5) is 4.11. The molecular weight excluding hydrogens is 222 g/mol. The minimum atomic E-state index is -0.152.